The fourth-order valence-corrected chi connectivity index (χ4v) is 5.91. The minimum atomic E-state index is 1.06. The first kappa shape index (κ1) is 12.8. The molecule has 0 bridgehead atoms. The average Bonchev–Trinajstić information content (AvgIpc) is 2.98. The number of fused-ring (bicyclic) bond motifs is 2. The molecule has 0 spiro atoms. The van der Waals surface area contributed by atoms with Gasteiger partial charge in [-0.3, -0.25) is 0 Å². The predicted molar refractivity (Wildman–Crippen MR) is 97.1 cm³/mol. The average molecular weight is 331 g/mol. The molecule has 2 heterocycles. The fraction of sp³-hybridized carbons (Fsp3) is 0. The first-order chi connectivity index (χ1) is 9.75. The van der Waals surface area contributed by atoms with Crippen molar-refractivity contribution < 1.29 is 0 Å². The highest BCUT2D eigenvalue weighted by Crippen LogP contribution is 2.48. The third-order valence-corrected chi connectivity index (χ3v) is 7.08. The monoisotopic (exact) mass is 330 g/mol. The van der Waals surface area contributed by atoms with E-state index < -0.39 is 0 Å². The number of hydrogen-bond donors (Lipinski definition) is 2. The second kappa shape index (κ2) is 4.81. The molecule has 2 aromatic heterocycles. The number of benzene rings is 2. The molecule has 4 rings (SSSR count). The van der Waals surface area contributed by atoms with Crippen LogP contribution in [0.1, 0.15) is 0 Å². The van der Waals surface area contributed by atoms with Gasteiger partial charge in [0.2, 0.25) is 0 Å². The van der Waals surface area contributed by atoms with Crippen LogP contribution in [0.3, 0.4) is 0 Å². The van der Waals surface area contributed by atoms with Gasteiger partial charge in [0.1, 0.15) is 0 Å². The number of thiol groups is 2. The molecule has 0 saturated carbocycles. The van der Waals surface area contributed by atoms with Gasteiger partial charge in [-0.2, -0.15) is 0 Å². The molecule has 0 N–H and O–H groups in total. The summed E-state index contributed by atoms with van der Waals surface area (Å²) >= 11 is 13.1. The summed E-state index contributed by atoms with van der Waals surface area (Å²) in [6.07, 6.45) is 0. The van der Waals surface area contributed by atoms with E-state index in [9.17, 15) is 0 Å². The van der Waals surface area contributed by atoms with Crippen LogP contribution in [0.25, 0.3) is 29.9 Å². The van der Waals surface area contributed by atoms with Gasteiger partial charge in [0, 0.05) is 30.0 Å². The third kappa shape index (κ3) is 1.83. The zero-order chi connectivity index (χ0) is 13.7. The standard InChI is InChI=1S/C16H10S4/c17-13-9-5-1-3-7-11(9)19-15(13)16-14(18)10-6-2-4-8-12(10)20-16/h1-8,17-18H. The number of rotatable bonds is 1. The minimum Gasteiger partial charge on any atom is -0.141 e. The Morgan fingerprint density at radius 1 is 0.600 bits per heavy atom. The Bertz CT molecular complexity index is 852. The molecule has 98 valence electrons. The maximum atomic E-state index is 4.74. The van der Waals surface area contributed by atoms with Crippen molar-refractivity contribution in [3.8, 4) is 9.75 Å². The van der Waals surface area contributed by atoms with E-state index in [1.54, 1.807) is 22.7 Å². The van der Waals surface area contributed by atoms with E-state index in [2.05, 4.69) is 48.5 Å². The lowest BCUT2D eigenvalue weighted by atomic mass is 10.2. The molecule has 0 nitrogen and oxygen atoms in total. The van der Waals surface area contributed by atoms with Gasteiger partial charge in [0.05, 0.1) is 9.75 Å². The summed E-state index contributed by atoms with van der Waals surface area (Å²) < 4.78 is 2.55. The molecular formula is C16H10S4. The van der Waals surface area contributed by atoms with Gasteiger partial charge in [0.25, 0.3) is 0 Å². The maximum Gasteiger partial charge on any atom is 0.0600 e. The zero-order valence-corrected chi connectivity index (χ0v) is 13.8. The van der Waals surface area contributed by atoms with Crippen LogP contribution in [0.2, 0.25) is 0 Å². The Hall–Kier alpha value is -0.940. The van der Waals surface area contributed by atoms with Crippen molar-refractivity contribution in [2.24, 2.45) is 0 Å². The topological polar surface area (TPSA) is 0 Å². The van der Waals surface area contributed by atoms with E-state index in [1.165, 1.54) is 29.9 Å². The highest BCUT2D eigenvalue weighted by atomic mass is 32.1. The van der Waals surface area contributed by atoms with Crippen LogP contribution in [0.4, 0.5) is 0 Å². The lowest BCUT2D eigenvalue weighted by molar-refractivity contribution is 1.60. The van der Waals surface area contributed by atoms with E-state index in [1.807, 2.05) is 0 Å². The van der Waals surface area contributed by atoms with E-state index >= 15 is 0 Å². The van der Waals surface area contributed by atoms with E-state index in [0.29, 0.717) is 0 Å². The largest absolute Gasteiger partial charge is 0.141 e. The second-order valence-corrected chi connectivity index (χ2v) is 7.55. The molecule has 0 atom stereocenters. The van der Waals surface area contributed by atoms with Gasteiger partial charge in [-0.25, -0.2) is 0 Å². The molecule has 0 fully saturated rings. The van der Waals surface area contributed by atoms with Crippen LogP contribution >= 0.6 is 47.9 Å². The molecule has 20 heavy (non-hydrogen) atoms. The lowest BCUT2D eigenvalue weighted by Gasteiger charge is -1.96. The van der Waals surface area contributed by atoms with Crippen LogP contribution in [0.5, 0.6) is 0 Å². The second-order valence-electron chi connectivity index (χ2n) is 4.55. The van der Waals surface area contributed by atoms with Crippen molar-refractivity contribution in [1.82, 2.24) is 0 Å². The normalized spacial score (nSPS) is 11.5. The minimum absolute atomic E-state index is 1.06. The molecular weight excluding hydrogens is 320 g/mol. The Labute approximate surface area is 135 Å². The van der Waals surface area contributed by atoms with Gasteiger partial charge in [-0.05, 0) is 12.1 Å². The molecule has 0 saturated heterocycles. The van der Waals surface area contributed by atoms with Gasteiger partial charge in [0.15, 0.2) is 0 Å². The van der Waals surface area contributed by atoms with Gasteiger partial charge < -0.3 is 0 Å². The summed E-state index contributed by atoms with van der Waals surface area (Å²) in [6.45, 7) is 0. The highest BCUT2D eigenvalue weighted by molar-refractivity contribution is 7.81. The van der Waals surface area contributed by atoms with Crippen LogP contribution < -0.4 is 0 Å². The lowest BCUT2D eigenvalue weighted by Crippen LogP contribution is -1.69. The Morgan fingerprint density at radius 3 is 1.40 bits per heavy atom. The van der Waals surface area contributed by atoms with E-state index in [-0.39, 0.29) is 0 Å². The van der Waals surface area contributed by atoms with E-state index in [4.69, 9.17) is 25.3 Å². The molecule has 0 aliphatic rings. The van der Waals surface area contributed by atoms with Gasteiger partial charge >= 0.3 is 0 Å². The van der Waals surface area contributed by atoms with Crippen molar-refractivity contribution in [2.75, 3.05) is 0 Å². The molecule has 0 aliphatic heterocycles. The van der Waals surface area contributed by atoms with Crippen molar-refractivity contribution in [1.29, 1.82) is 0 Å². The smallest absolute Gasteiger partial charge is 0.0600 e. The van der Waals surface area contributed by atoms with Crippen molar-refractivity contribution >= 4 is 68.1 Å². The highest BCUT2D eigenvalue weighted by Gasteiger charge is 2.17. The van der Waals surface area contributed by atoms with Crippen LogP contribution in [0, 0.1) is 0 Å². The maximum absolute atomic E-state index is 4.74. The van der Waals surface area contributed by atoms with Crippen LogP contribution in [-0.4, -0.2) is 0 Å². The molecule has 0 amide bonds. The molecule has 2 aromatic carbocycles. The Kier molecular flexibility index (Phi) is 3.07. The van der Waals surface area contributed by atoms with Crippen LogP contribution in [0.15, 0.2) is 58.3 Å². The summed E-state index contributed by atoms with van der Waals surface area (Å²) in [5.74, 6) is 0. The summed E-state index contributed by atoms with van der Waals surface area (Å²) in [4.78, 5) is 4.57. The fourth-order valence-electron chi connectivity index (χ4n) is 2.37. The molecule has 4 aromatic rings. The van der Waals surface area contributed by atoms with Gasteiger partial charge in [-0.1, -0.05) is 36.4 Å². The van der Waals surface area contributed by atoms with Gasteiger partial charge in [-0.15, -0.1) is 47.9 Å². The summed E-state index contributed by atoms with van der Waals surface area (Å²) in [5, 5.41) is 2.45. The van der Waals surface area contributed by atoms with E-state index in [0.717, 1.165) is 9.79 Å². The summed E-state index contributed by atoms with van der Waals surface area (Å²) in [7, 11) is 0. The Morgan fingerprint density at radius 2 is 1.00 bits per heavy atom. The molecule has 4 heteroatoms. The zero-order valence-electron chi connectivity index (χ0n) is 10.3. The van der Waals surface area contributed by atoms with Crippen molar-refractivity contribution in [2.45, 2.75) is 9.79 Å². The first-order valence-electron chi connectivity index (χ1n) is 6.17. The SMILES string of the molecule is Sc1c(-c2sc3ccccc3c2S)sc2ccccc12. The molecule has 0 unspecified atom stereocenters. The van der Waals surface area contributed by atoms with Crippen molar-refractivity contribution in [3.05, 3.63) is 48.5 Å². The summed E-state index contributed by atoms with van der Waals surface area (Å²) in [5.41, 5.74) is 0. The molecule has 0 aliphatic carbocycles. The number of hydrogen-bond acceptors (Lipinski definition) is 4. The predicted octanol–water partition coefficient (Wildman–Crippen LogP) is 6.36. The quantitative estimate of drug-likeness (QED) is 0.373. The van der Waals surface area contributed by atoms with Crippen molar-refractivity contribution in [3.63, 3.8) is 0 Å². The Balaban J connectivity index is 2.06. The van der Waals surface area contributed by atoms with Crippen LogP contribution in [-0.2, 0) is 0 Å². The summed E-state index contributed by atoms with van der Waals surface area (Å²) in [6, 6.07) is 16.8. The first-order valence-corrected chi connectivity index (χ1v) is 8.70. The third-order valence-electron chi connectivity index (χ3n) is 3.34. The number of thiophene rings is 2. The molecule has 0 radical (unpaired) electrons.